The van der Waals surface area contributed by atoms with Crippen molar-refractivity contribution in [3.05, 3.63) is 47.7 Å². The van der Waals surface area contributed by atoms with Crippen LogP contribution in [0.3, 0.4) is 0 Å². The van der Waals surface area contributed by atoms with Crippen molar-refractivity contribution < 1.29 is 9.21 Å². The van der Waals surface area contributed by atoms with Crippen molar-refractivity contribution >= 4 is 40.1 Å². The number of hydrogen-bond acceptors (Lipinski definition) is 3. The number of fused-ring (bicyclic) bond motifs is 5. The van der Waals surface area contributed by atoms with E-state index >= 15 is 0 Å². The zero-order valence-corrected chi connectivity index (χ0v) is 16.5. The van der Waals surface area contributed by atoms with Crippen molar-refractivity contribution in [2.45, 2.75) is 50.7 Å². The first-order valence-electron chi connectivity index (χ1n) is 9.56. The van der Waals surface area contributed by atoms with Crippen LogP contribution in [0.25, 0.3) is 21.7 Å². The summed E-state index contributed by atoms with van der Waals surface area (Å²) in [5, 5.41) is 6.88. The zero-order valence-electron chi connectivity index (χ0n) is 15.7. The predicted octanol–water partition coefficient (Wildman–Crippen LogP) is 4.67. The van der Waals surface area contributed by atoms with Crippen molar-refractivity contribution in [2.24, 2.45) is 0 Å². The number of amides is 1. The van der Waals surface area contributed by atoms with E-state index in [1.165, 1.54) is 12.8 Å². The summed E-state index contributed by atoms with van der Waals surface area (Å²) in [6, 6.07) is 13.8. The first kappa shape index (κ1) is 18.3. The van der Waals surface area contributed by atoms with Crippen molar-refractivity contribution in [2.75, 3.05) is 7.05 Å². The van der Waals surface area contributed by atoms with Gasteiger partial charge in [-0.2, -0.15) is 0 Å². The number of hydrogen-bond donors (Lipinski definition) is 1. The van der Waals surface area contributed by atoms with Gasteiger partial charge in [0, 0.05) is 41.5 Å². The zero-order chi connectivity index (χ0) is 17.8. The minimum Gasteiger partial charge on any atom is -0.450 e. The Morgan fingerprint density at radius 3 is 2.52 bits per heavy atom. The topological polar surface area (TPSA) is 45.5 Å². The van der Waals surface area contributed by atoms with E-state index in [0.29, 0.717) is 23.9 Å². The average Bonchev–Trinajstić information content (AvgIpc) is 3.19. The summed E-state index contributed by atoms with van der Waals surface area (Å²) in [5.74, 6) is 0.499. The molecule has 2 fully saturated rings. The summed E-state index contributed by atoms with van der Waals surface area (Å²) >= 11 is 0. The highest BCUT2D eigenvalue weighted by Crippen LogP contribution is 2.34. The average molecular weight is 385 g/mol. The third kappa shape index (κ3) is 2.91. The summed E-state index contributed by atoms with van der Waals surface area (Å²) in [4.78, 5) is 15.1. The maximum absolute atomic E-state index is 13.2. The third-order valence-electron chi connectivity index (χ3n) is 6.34. The lowest BCUT2D eigenvalue weighted by molar-refractivity contribution is 0.0651. The molecule has 0 saturated carbocycles. The van der Waals surface area contributed by atoms with Crippen LogP contribution in [-0.2, 0) is 0 Å². The Bertz CT molecular complexity index is 1000. The lowest BCUT2D eigenvalue weighted by Crippen LogP contribution is -2.48. The number of halogens is 1. The minimum atomic E-state index is 0. The highest BCUT2D eigenvalue weighted by molar-refractivity contribution is 6.08. The summed E-state index contributed by atoms with van der Waals surface area (Å²) in [6.07, 6.45) is 4.56. The summed E-state index contributed by atoms with van der Waals surface area (Å²) in [7, 11) is 1.93. The molecule has 5 rings (SSSR count). The van der Waals surface area contributed by atoms with Crippen LogP contribution in [0.1, 0.15) is 41.8 Å². The molecule has 2 unspecified atom stereocenters. The molecule has 2 saturated heterocycles. The Balaban J connectivity index is 0.00000180. The van der Waals surface area contributed by atoms with Gasteiger partial charge in [0.25, 0.3) is 5.91 Å². The van der Waals surface area contributed by atoms with Gasteiger partial charge in [-0.25, -0.2) is 0 Å². The van der Waals surface area contributed by atoms with E-state index in [1.54, 1.807) is 0 Å². The second-order valence-corrected chi connectivity index (χ2v) is 7.90. The van der Waals surface area contributed by atoms with Gasteiger partial charge in [-0.3, -0.25) is 4.79 Å². The Labute approximate surface area is 165 Å². The SMILES string of the molecule is Cc1c(C(=O)N(C)C2CC3CCC(C2)N3)oc2c1ccc1ccccc12.Cl. The van der Waals surface area contributed by atoms with Crippen molar-refractivity contribution in [3.63, 3.8) is 0 Å². The molecule has 0 aliphatic carbocycles. The van der Waals surface area contributed by atoms with Crippen LogP contribution in [0.2, 0.25) is 0 Å². The highest BCUT2D eigenvalue weighted by atomic mass is 35.5. The monoisotopic (exact) mass is 384 g/mol. The maximum atomic E-state index is 13.2. The molecule has 3 aromatic rings. The van der Waals surface area contributed by atoms with Crippen molar-refractivity contribution in [1.29, 1.82) is 0 Å². The van der Waals surface area contributed by atoms with Crippen LogP contribution in [0, 0.1) is 6.92 Å². The molecule has 2 aromatic carbocycles. The van der Waals surface area contributed by atoms with E-state index in [9.17, 15) is 4.79 Å². The molecule has 0 spiro atoms. The normalized spacial score (nSPS) is 24.1. The van der Waals surface area contributed by atoms with Gasteiger partial charge in [0.05, 0.1) is 0 Å². The molecule has 1 aromatic heterocycles. The molecule has 2 aliphatic rings. The first-order valence-corrected chi connectivity index (χ1v) is 9.56. The Kier molecular flexibility index (Phi) is 4.65. The summed E-state index contributed by atoms with van der Waals surface area (Å²) in [6.45, 7) is 1.99. The Morgan fingerprint density at radius 1 is 1.07 bits per heavy atom. The first-order chi connectivity index (χ1) is 12.6. The smallest absolute Gasteiger partial charge is 0.289 e. The molecule has 5 heteroatoms. The fraction of sp³-hybridized carbons (Fsp3) is 0.409. The molecule has 1 amide bonds. The van der Waals surface area contributed by atoms with Gasteiger partial charge in [-0.1, -0.05) is 36.4 Å². The van der Waals surface area contributed by atoms with Gasteiger partial charge in [-0.05, 0) is 38.0 Å². The lowest BCUT2D eigenvalue weighted by Gasteiger charge is -2.35. The molecule has 2 aliphatic heterocycles. The molecular formula is C22H25ClN2O2. The number of carbonyl (C=O) groups is 1. The predicted molar refractivity (Wildman–Crippen MR) is 111 cm³/mol. The van der Waals surface area contributed by atoms with Crippen LogP contribution in [0.4, 0.5) is 0 Å². The fourth-order valence-electron chi connectivity index (χ4n) is 4.82. The van der Waals surface area contributed by atoms with Crippen molar-refractivity contribution in [3.8, 4) is 0 Å². The van der Waals surface area contributed by atoms with E-state index in [4.69, 9.17) is 4.42 Å². The number of aryl methyl sites for hydroxylation is 1. The van der Waals surface area contributed by atoms with Crippen LogP contribution >= 0.6 is 12.4 Å². The molecule has 27 heavy (non-hydrogen) atoms. The molecule has 0 radical (unpaired) electrons. The molecular weight excluding hydrogens is 360 g/mol. The third-order valence-corrected chi connectivity index (χ3v) is 6.34. The van der Waals surface area contributed by atoms with Gasteiger partial charge in [-0.15, -0.1) is 12.4 Å². The molecule has 2 bridgehead atoms. The van der Waals surface area contributed by atoms with E-state index in [1.807, 2.05) is 31.0 Å². The van der Waals surface area contributed by atoms with Crippen LogP contribution in [0.15, 0.2) is 40.8 Å². The van der Waals surface area contributed by atoms with Gasteiger partial charge >= 0.3 is 0 Å². The quantitative estimate of drug-likeness (QED) is 0.698. The Morgan fingerprint density at radius 2 is 1.78 bits per heavy atom. The molecule has 3 heterocycles. The summed E-state index contributed by atoms with van der Waals surface area (Å²) < 4.78 is 6.15. The largest absolute Gasteiger partial charge is 0.450 e. The number of furan rings is 1. The minimum absolute atomic E-state index is 0. The number of nitrogens with one attached hydrogen (secondary N) is 1. The van der Waals surface area contributed by atoms with Crippen LogP contribution in [0.5, 0.6) is 0 Å². The van der Waals surface area contributed by atoms with E-state index < -0.39 is 0 Å². The Hall–Kier alpha value is -2.04. The number of rotatable bonds is 2. The van der Waals surface area contributed by atoms with Crippen LogP contribution < -0.4 is 5.32 Å². The second-order valence-electron chi connectivity index (χ2n) is 7.90. The molecule has 142 valence electrons. The molecule has 2 atom stereocenters. The van der Waals surface area contributed by atoms with Gasteiger partial charge in [0.1, 0.15) is 5.58 Å². The van der Waals surface area contributed by atoms with E-state index in [0.717, 1.165) is 40.1 Å². The van der Waals surface area contributed by atoms with Gasteiger partial charge in [0.15, 0.2) is 5.76 Å². The number of carbonyl (C=O) groups excluding carboxylic acids is 1. The lowest BCUT2D eigenvalue weighted by atomic mass is 9.98. The van der Waals surface area contributed by atoms with E-state index in [2.05, 4.69) is 29.6 Å². The number of nitrogens with zero attached hydrogens (tertiary/aromatic N) is 1. The second kappa shape index (κ2) is 6.84. The van der Waals surface area contributed by atoms with Gasteiger partial charge in [0.2, 0.25) is 0 Å². The maximum Gasteiger partial charge on any atom is 0.289 e. The fourth-order valence-corrected chi connectivity index (χ4v) is 4.82. The highest BCUT2D eigenvalue weighted by Gasteiger charge is 2.37. The van der Waals surface area contributed by atoms with Crippen molar-refractivity contribution in [1.82, 2.24) is 10.2 Å². The molecule has 4 nitrogen and oxygen atoms in total. The van der Waals surface area contributed by atoms with E-state index in [-0.39, 0.29) is 18.3 Å². The number of piperidine rings is 1. The molecule has 1 N–H and O–H groups in total. The standard InChI is InChI=1S/C22H24N2O2.ClH/c1-13-18-10-7-14-5-3-4-6-19(14)21(18)26-20(13)22(25)24(2)17-11-15-8-9-16(12-17)23-15;/h3-7,10,15-17,23H,8-9,11-12H2,1-2H3;1H. The van der Waals surface area contributed by atoms with Crippen LogP contribution in [-0.4, -0.2) is 36.0 Å². The van der Waals surface area contributed by atoms with Gasteiger partial charge < -0.3 is 14.6 Å². The number of benzene rings is 2. The summed E-state index contributed by atoms with van der Waals surface area (Å²) in [5.41, 5.74) is 1.77.